The molecule has 74 valence electrons. The minimum Gasteiger partial charge on any atom is -0.492 e. The van der Waals surface area contributed by atoms with E-state index in [1.54, 1.807) is 0 Å². The number of aromatic hydroxyl groups is 1. The standard InChI is InChI=1S/C8H14N2O2S/c1-5(2)4-10-7(13)6(11)9(3)8(10)12/h5,11,13H,4H2,1-3H3. The van der Waals surface area contributed by atoms with E-state index in [1.165, 1.54) is 16.2 Å². The van der Waals surface area contributed by atoms with E-state index in [4.69, 9.17) is 0 Å². The highest BCUT2D eigenvalue weighted by Gasteiger charge is 2.14. The van der Waals surface area contributed by atoms with Gasteiger partial charge in [-0.3, -0.25) is 9.13 Å². The summed E-state index contributed by atoms with van der Waals surface area (Å²) in [6, 6.07) is 0. The predicted molar refractivity (Wildman–Crippen MR) is 53.4 cm³/mol. The molecule has 1 heterocycles. The van der Waals surface area contributed by atoms with Crippen LogP contribution in [0.25, 0.3) is 0 Å². The minimum atomic E-state index is -0.226. The van der Waals surface area contributed by atoms with Crippen molar-refractivity contribution in [2.45, 2.75) is 25.4 Å². The molecule has 0 aliphatic carbocycles. The maximum absolute atomic E-state index is 11.5. The molecule has 0 aromatic carbocycles. The second-order valence-corrected chi connectivity index (χ2v) is 3.92. The summed E-state index contributed by atoms with van der Waals surface area (Å²) in [7, 11) is 1.52. The zero-order chi connectivity index (χ0) is 10.2. The molecule has 1 N–H and O–H groups in total. The normalized spacial score (nSPS) is 11.2. The summed E-state index contributed by atoms with van der Waals surface area (Å²) in [5.41, 5.74) is -0.226. The van der Waals surface area contributed by atoms with Gasteiger partial charge in [0.2, 0.25) is 5.88 Å². The van der Waals surface area contributed by atoms with Crippen molar-refractivity contribution in [2.24, 2.45) is 13.0 Å². The molecule has 0 amide bonds. The summed E-state index contributed by atoms with van der Waals surface area (Å²) in [6.07, 6.45) is 0. The van der Waals surface area contributed by atoms with Gasteiger partial charge >= 0.3 is 5.69 Å². The molecular weight excluding hydrogens is 188 g/mol. The van der Waals surface area contributed by atoms with Crippen molar-refractivity contribution in [1.29, 1.82) is 0 Å². The summed E-state index contributed by atoms with van der Waals surface area (Å²) < 4.78 is 2.65. The number of nitrogens with zero attached hydrogens (tertiary/aromatic N) is 2. The van der Waals surface area contributed by atoms with E-state index in [2.05, 4.69) is 12.6 Å². The highest BCUT2D eigenvalue weighted by molar-refractivity contribution is 7.80. The van der Waals surface area contributed by atoms with E-state index in [-0.39, 0.29) is 11.6 Å². The van der Waals surface area contributed by atoms with Crippen LogP contribution in [0.15, 0.2) is 9.82 Å². The summed E-state index contributed by atoms with van der Waals surface area (Å²) in [5, 5.41) is 9.72. The summed E-state index contributed by atoms with van der Waals surface area (Å²) >= 11 is 4.07. The van der Waals surface area contributed by atoms with Crippen LogP contribution >= 0.6 is 12.6 Å². The lowest BCUT2D eigenvalue weighted by Gasteiger charge is -2.05. The number of imidazole rings is 1. The molecule has 0 saturated carbocycles. The van der Waals surface area contributed by atoms with Crippen LogP contribution in [0.2, 0.25) is 0 Å². The Morgan fingerprint density at radius 3 is 2.38 bits per heavy atom. The zero-order valence-electron chi connectivity index (χ0n) is 7.98. The van der Waals surface area contributed by atoms with Gasteiger partial charge in [0.25, 0.3) is 0 Å². The van der Waals surface area contributed by atoms with Gasteiger partial charge in [0.1, 0.15) is 5.03 Å². The molecule has 4 nitrogen and oxygen atoms in total. The molecule has 0 radical (unpaired) electrons. The Bertz CT molecular complexity index is 365. The van der Waals surface area contributed by atoms with Gasteiger partial charge < -0.3 is 5.11 Å². The first kappa shape index (κ1) is 10.2. The number of hydrogen-bond acceptors (Lipinski definition) is 3. The third-order valence-electron chi connectivity index (χ3n) is 1.84. The molecule has 0 spiro atoms. The maximum Gasteiger partial charge on any atom is 0.331 e. The van der Waals surface area contributed by atoms with E-state index in [0.29, 0.717) is 17.5 Å². The van der Waals surface area contributed by atoms with Gasteiger partial charge in [0.05, 0.1) is 0 Å². The molecule has 1 rings (SSSR count). The molecule has 1 aromatic rings. The Balaban J connectivity index is 3.22. The lowest BCUT2D eigenvalue weighted by molar-refractivity contribution is 0.414. The largest absolute Gasteiger partial charge is 0.492 e. The average Bonchev–Trinajstić information content (AvgIpc) is 2.22. The highest BCUT2D eigenvalue weighted by Crippen LogP contribution is 2.18. The van der Waals surface area contributed by atoms with E-state index >= 15 is 0 Å². The summed E-state index contributed by atoms with van der Waals surface area (Å²) in [4.78, 5) is 11.5. The van der Waals surface area contributed by atoms with Gasteiger partial charge in [-0.25, -0.2) is 4.79 Å². The van der Waals surface area contributed by atoms with E-state index in [1.807, 2.05) is 13.8 Å². The Kier molecular flexibility index (Phi) is 2.75. The third kappa shape index (κ3) is 1.75. The molecule has 0 saturated heterocycles. The fraction of sp³-hybridized carbons (Fsp3) is 0.625. The average molecular weight is 202 g/mol. The van der Waals surface area contributed by atoms with Crippen molar-refractivity contribution in [3.05, 3.63) is 10.5 Å². The highest BCUT2D eigenvalue weighted by atomic mass is 32.1. The van der Waals surface area contributed by atoms with Crippen LogP contribution in [-0.2, 0) is 13.6 Å². The van der Waals surface area contributed by atoms with Crippen LogP contribution in [0.1, 0.15) is 13.8 Å². The monoisotopic (exact) mass is 202 g/mol. The van der Waals surface area contributed by atoms with Gasteiger partial charge in [0.15, 0.2) is 0 Å². The van der Waals surface area contributed by atoms with Gasteiger partial charge in [-0.05, 0) is 5.92 Å². The van der Waals surface area contributed by atoms with Crippen molar-refractivity contribution in [2.75, 3.05) is 0 Å². The fourth-order valence-corrected chi connectivity index (χ4v) is 1.48. The first-order valence-electron chi connectivity index (χ1n) is 4.12. The van der Waals surface area contributed by atoms with Gasteiger partial charge in [-0.1, -0.05) is 13.8 Å². The Hall–Kier alpha value is -0.840. The molecule has 0 aliphatic heterocycles. The van der Waals surface area contributed by atoms with Gasteiger partial charge in [-0.2, -0.15) is 0 Å². The van der Waals surface area contributed by atoms with Crippen LogP contribution in [0.4, 0.5) is 0 Å². The minimum absolute atomic E-state index is 0.0750. The van der Waals surface area contributed by atoms with Crippen LogP contribution in [0.3, 0.4) is 0 Å². The second-order valence-electron chi connectivity index (χ2n) is 3.49. The van der Waals surface area contributed by atoms with Crippen molar-refractivity contribution >= 4 is 12.6 Å². The summed E-state index contributed by atoms with van der Waals surface area (Å²) in [5.74, 6) is 0.277. The molecule has 5 heteroatoms. The first-order chi connectivity index (χ1) is 5.95. The van der Waals surface area contributed by atoms with E-state index in [0.717, 1.165) is 0 Å². The van der Waals surface area contributed by atoms with Crippen LogP contribution in [0, 0.1) is 5.92 Å². The second kappa shape index (κ2) is 3.49. The van der Waals surface area contributed by atoms with E-state index in [9.17, 15) is 9.90 Å². The lowest BCUT2D eigenvalue weighted by Crippen LogP contribution is -2.24. The van der Waals surface area contributed by atoms with Crippen LogP contribution in [-0.4, -0.2) is 14.2 Å². The van der Waals surface area contributed by atoms with Gasteiger partial charge in [-0.15, -0.1) is 12.6 Å². The fourth-order valence-electron chi connectivity index (χ4n) is 1.16. The molecular formula is C8H14N2O2S. The molecule has 0 unspecified atom stereocenters. The van der Waals surface area contributed by atoms with Crippen LogP contribution in [0.5, 0.6) is 5.88 Å². The summed E-state index contributed by atoms with van der Waals surface area (Å²) in [6.45, 7) is 4.58. The smallest absolute Gasteiger partial charge is 0.331 e. The molecule has 1 aromatic heterocycles. The Morgan fingerprint density at radius 1 is 1.54 bits per heavy atom. The van der Waals surface area contributed by atoms with E-state index < -0.39 is 0 Å². The number of thiol groups is 1. The topological polar surface area (TPSA) is 47.2 Å². The first-order valence-corrected chi connectivity index (χ1v) is 4.57. The number of aromatic nitrogens is 2. The maximum atomic E-state index is 11.5. The number of hydrogen-bond donors (Lipinski definition) is 2. The third-order valence-corrected chi connectivity index (χ3v) is 2.28. The van der Waals surface area contributed by atoms with Crippen molar-refractivity contribution in [3.63, 3.8) is 0 Å². The molecule has 13 heavy (non-hydrogen) atoms. The Labute approximate surface area is 82.2 Å². The lowest BCUT2D eigenvalue weighted by atomic mass is 10.2. The quantitative estimate of drug-likeness (QED) is 0.698. The predicted octanol–water partition coefficient (Wildman–Crippen LogP) is 0.837. The van der Waals surface area contributed by atoms with Crippen molar-refractivity contribution in [3.8, 4) is 5.88 Å². The molecule has 0 atom stereocenters. The Morgan fingerprint density at radius 2 is 2.08 bits per heavy atom. The van der Waals surface area contributed by atoms with Crippen LogP contribution < -0.4 is 5.69 Å². The molecule has 0 bridgehead atoms. The van der Waals surface area contributed by atoms with Gasteiger partial charge in [0, 0.05) is 13.6 Å². The van der Waals surface area contributed by atoms with Crippen molar-refractivity contribution < 1.29 is 5.11 Å². The molecule has 0 aliphatic rings. The number of rotatable bonds is 2. The zero-order valence-corrected chi connectivity index (χ0v) is 8.88. The van der Waals surface area contributed by atoms with Crippen molar-refractivity contribution in [1.82, 2.24) is 9.13 Å². The SMILES string of the molecule is CC(C)Cn1c(S)c(O)n(C)c1=O. The molecule has 0 fully saturated rings.